The highest BCUT2D eigenvalue weighted by Crippen LogP contribution is 2.37. The molecule has 3 heterocycles. The molecule has 0 aromatic carbocycles. The summed E-state index contributed by atoms with van der Waals surface area (Å²) in [5.41, 5.74) is 0. The maximum Gasteiger partial charge on any atom is 0.218 e. The molecule has 2 aliphatic rings. The van der Waals surface area contributed by atoms with Gasteiger partial charge in [-0.2, -0.15) is 0 Å². The Labute approximate surface area is 127 Å². The molecule has 0 amide bonds. The van der Waals surface area contributed by atoms with Gasteiger partial charge in [-0.1, -0.05) is 6.92 Å². The van der Waals surface area contributed by atoms with E-state index in [1.807, 2.05) is 6.07 Å². The van der Waals surface area contributed by atoms with E-state index < -0.39 is 0 Å². The van der Waals surface area contributed by atoms with Gasteiger partial charge in [0.05, 0.1) is 6.61 Å². The third-order valence-corrected chi connectivity index (χ3v) is 4.86. The van der Waals surface area contributed by atoms with E-state index >= 15 is 0 Å². The lowest BCUT2D eigenvalue weighted by molar-refractivity contribution is 0.139. The van der Waals surface area contributed by atoms with Crippen molar-refractivity contribution in [1.29, 1.82) is 0 Å². The van der Waals surface area contributed by atoms with Gasteiger partial charge in [0.2, 0.25) is 5.88 Å². The van der Waals surface area contributed by atoms with Gasteiger partial charge in [0.15, 0.2) is 0 Å². The van der Waals surface area contributed by atoms with E-state index in [-0.39, 0.29) is 0 Å². The van der Waals surface area contributed by atoms with Gasteiger partial charge in [-0.15, -0.1) is 0 Å². The first-order valence-electron chi connectivity index (χ1n) is 8.17. The van der Waals surface area contributed by atoms with Crippen molar-refractivity contribution < 1.29 is 4.74 Å². The van der Waals surface area contributed by atoms with Gasteiger partial charge < -0.3 is 15.0 Å². The van der Waals surface area contributed by atoms with Gasteiger partial charge in [-0.25, -0.2) is 9.97 Å². The number of hydrogen-bond donors (Lipinski definition) is 1. The quantitative estimate of drug-likeness (QED) is 0.872. The molecule has 5 heteroatoms. The average molecular weight is 290 g/mol. The number of piperidine rings is 1. The van der Waals surface area contributed by atoms with Crippen LogP contribution < -0.4 is 10.1 Å². The highest BCUT2D eigenvalue weighted by Gasteiger charge is 2.38. The predicted molar refractivity (Wildman–Crippen MR) is 83.6 cm³/mol. The second kappa shape index (κ2) is 6.60. The maximum atomic E-state index is 5.55. The Morgan fingerprint density at radius 1 is 1.29 bits per heavy atom. The molecule has 2 unspecified atom stereocenters. The summed E-state index contributed by atoms with van der Waals surface area (Å²) in [7, 11) is 2.29. The molecule has 116 valence electrons. The summed E-state index contributed by atoms with van der Waals surface area (Å²) in [6.07, 6.45) is 7.94. The number of hydrogen-bond acceptors (Lipinski definition) is 5. The molecule has 1 aromatic rings. The minimum Gasteiger partial charge on any atom is -0.478 e. The van der Waals surface area contributed by atoms with Crippen LogP contribution in [0.25, 0.3) is 0 Å². The van der Waals surface area contributed by atoms with Crippen molar-refractivity contribution in [3.63, 3.8) is 0 Å². The van der Waals surface area contributed by atoms with Crippen LogP contribution in [0.4, 0.5) is 5.82 Å². The Bertz CT molecular complexity index is 453. The number of fused-ring (bicyclic) bond motifs is 2. The summed E-state index contributed by atoms with van der Waals surface area (Å²) < 4.78 is 5.55. The topological polar surface area (TPSA) is 50.3 Å². The van der Waals surface area contributed by atoms with Crippen molar-refractivity contribution in [2.45, 2.75) is 51.1 Å². The third kappa shape index (κ3) is 3.46. The monoisotopic (exact) mass is 290 g/mol. The van der Waals surface area contributed by atoms with Gasteiger partial charge in [0.25, 0.3) is 0 Å². The number of rotatable bonds is 6. The van der Waals surface area contributed by atoms with E-state index in [1.165, 1.54) is 25.7 Å². The fourth-order valence-corrected chi connectivity index (χ4v) is 3.66. The van der Waals surface area contributed by atoms with Crippen molar-refractivity contribution >= 4 is 5.82 Å². The second-order valence-corrected chi connectivity index (χ2v) is 6.36. The van der Waals surface area contributed by atoms with Gasteiger partial charge in [0, 0.05) is 24.7 Å². The normalized spacial score (nSPS) is 28.6. The van der Waals surface area contributed by atoms with Gasteiger partial charge in [-0.3, -0.25) is 0 Å². The van der Waals surface area contributed by atoms with E-state index in [0.29, 0.717) is 12.5 Å². The molecule has 2 saturated heterocycles. The lowest BCUT2D eigenvalue weighted by Gasteiger charge is -2.36. The molecule has 1 N–H and O–H groups in total. The van der Waals surface area contributed by atoms with Crippen LogP contribution >= 0.6 is 0 Å². The first kappa shape index (κ1) is 14.6. The van der Waals surface area contributed by atoms with Crippen molar-refractivity contribution in [2.75, 3.05) is 25.5 Å². The Hall–Kier alpha value is -1.36. The summed E-state index contributed by atoms with van der Waals surface area (Å²) in [5, 5.41) is 3.47. The number of aromatic nitrogens is 2. The molecular weight excluding hydrogens is 264 g/mol. The van der Waals surface area contributed by atoms with Crippen LogP contribution in [0.15, 0.2) is 12.4 Å². The summed E-state index contributed by atoms with van der Waals surface area (Å²) in [6.45, 7) is 3.80. The van der Waals surface area contributed by atoms with Crippen LogP contribution in [-0.2, 0) is 0 Å². The van der Waals surface area contributed by atoms with Crippen molar-refractivity contribution in [3.05, 3.63) is 12.4 Å². The minimum absolute atomic E-state index is 0.665. The van der Waals surface area contributed by atoms with Crippen molar-refractivity contribution in [2.24, 2.45) is 5.92 Å². The number of ether oxygens (including phenoxy) is 1. The SMILES string of the molecule is CCCOc1cc(NCC2CC3CCC(C2)N3C)ncn1. The first-order valence-corrected chi connectivity index (χ1v) is 8.17. The van der Waals surface area contributed by atoms with E-state index in [0.717, 1.165) is 36.8 Å². The molecule has 1 aromatic heterocycles. The molecule has 2 fully saturated rings. The van der Waals surface area contributed by atoms with Crippen molar-refractivity contribution in [3.8, 4) is 5.88 Å². The molecule has 2 atom stereocenters. The molecule has 0 saturated carbocycles. The highest BCUT2D eigenvalue weighted by molar-refractivity contribution is 5.37. The maximum absolute atomic E-state index is 5.55. The molecular formula is C16H26N4O. The first-order chi connectivity index (χ1) is 10.3. The zero-order valence-corrected chi connectivity index (χ0v) is 13.1. The summed E-state index contributed by atoms with van der Waals surface area (Å²) in [4.78, 5) is 11.0. The molecule has 3 rings (SSSR count). The molecule has 0 spiro atoms. The molecule has 0 aliphatic carbocycles. The van der Waals surface area contributed by atoms with E-state index in [2.05, 4.69) is 34.2 Å². The Morgan fingerprint density at radius 3 is 2.76 bits per heavy atom. The fraction of sp³-hybridized carbons (Fsp3) is 0.750. The van der Waals surface area contributed by atoms with Gasteiger partial charge in [0.1, 0.15) is 12.1 Å². The Kier molecular flexibility index (Phi) is 4.58. The average Bonchev–Trinajstić information content (AvgIpc) is 2.74. The molecule has 2 aliphatic heterocycles. The third-order valence-electron chi connectivity index (χ3n) is 4.86. The van der Waals surface area contributed by atoms with Crippen LogP contribution in [-0.4, -0.2) is 47.2 Å². The smallest absolute Gasteiger partial charge is 0.218 e. The van der Waals surface area contributed by atoms with Crippen LogP contribution in [0.1, 0.15) is 39.0 Å². The number of nitrogens with one attached hydrogen (secondary N) is 1. The van der Waals surface area contributed by atoms with Crippen LogP contribution in [0.3, 0.4) is 0 Å². The van der Waals surface area contributed by atoms with Crippen LogP contribution in [0, 0.1) is 5.92 Å². The second-order valence-electron chi connectivity index (χ2n) is 6.36. The lowest BCUT2D eigenvalue weighted by atomic mass is 9.91. The standard InChI is InChI=1S/C16H26N4O/c1-3-6-21-16-9-15(18-11-19-16)17-10-12-7-13-4-5-14(8-12)20(13)2/h9,11-14H,3-8,10H2,1-2H3,(H,17,18,19). The predicted octanol–water partition coefficient (Wildman–Crippen LogP) is 2.55. The highest BCUT2D eigenvalue weighted by atomic mass is 16.5. The molecule has 2 bridgehead atoms. The van der Waals surface area contributed by atoms with Gasteiger partial charge >= 0.3 is 0 Å². The Morgan fingerprint density at radius 2 is 2.05 bits per heavy atom. The number of anilines is 1. The van der Waals surface area contributed by atoms with Crippen molar-refractivity contribution in [1.82, 2.24) is 14.9 Å². The zero-order valence-electron chi connectivity index (χ0n) is 13.1. The fourth-order valence-electron chi connectivity index (χ4n) is 3.66. The molecule has 5 nitrogen and oxygen atoms in total. The van der Waals surface area contributed by atoms with E-state index in [1.54, 1.807) is 6.33 Å². The number of nitrogens with zero attached hydrogens (tertiary/aromatic N) is 3. The lowest BCUT2D eigenvalue weighted by Crippen LogP contribution is -2.41. The minimum atomic E-state index is 0.665. The summed E-state index contributed by atoms with van der Waals surface area (Å²) >= 11 is 0. The van der Waals surface area contributed by atoms with Crippen LogP contribution in [0.5, 0.6) is 5.88 Å². The van der Waals surface area contributed by atoms with E-state index in [9.17, 15) is 0 Å². The zero-order chi connectivity index (χ0) is 14.7. The largest absolute Gasteiger partial charge is 0.478 e. The summed E-state index contributed by atoms with van der Waals surface area (Å²) in [5.74, 6) is 2.30. The molecule has 21 heavy (non-hydrogen) atoms. The summed E-state index contributed by atoms with van der Waals surface area (Å²) in [6, 6.07) is 3.49. The van der Waals surface area contributed by atoms with E-state index in [4.69, 9.17) is 4.74 Å². The Balaban J connectivity index is 1.51. The molecule has 0 radical (unpaired) electrons. The van der Waals surface area contributed by atoms with Gasteiger partial charge in [-0.05, 0) is 45.1 Å². The van der Waals surface area contributed by atoms with Crippen LogP contribution in [0.2, 0.25) is 0 Å².